The van der Waals surface area contributed by atoms with Crippen LogP contribution in [0.1, 0.15) is 90.9 Å². The molecule has 202 valence electrons. The first-order chi connectivity index (χ1) is 17.8. The zero-order valence-electron chi connectivity index (χ0n) is 22.7. The van der Waals surface area contributed by atoms with E-state index in [2.05, 4.69) is 0 Å². The topological polar surface area (TPSA) is 94.6 Å². The van der Waals surface area contributed by atoms with Gasteiger partial charge in [0.2, 0.25) is 5.91 Å². The average molecular weight is 510 g/mol. The summed E-state index contributed by atoms with van der Waals surface area (Å²) >= 11 is 0. The van der Waals surface area contributed by atoms with Crippen LogP contribution in [0.4, 0.5) is 0 Å². The summed E-state index contributed by atoms with van der Waals surface area (Å²) in [6.45, 7) is 7.32. The quantitative estimate of drug-likeness (QED) is 0.288. The highest BCUT2D eigenvalue weighted by molar-refractivity contribution is 6.02. The van der Waals surface area contributed by atoms with Crippen LogP contribution in [0.25, 0.3) is 0 Å². The Morgan fingerprint density at radius 3 is 2.46 bits per heavy atom. The summed E-state index contributed by atoms with van der Waals surface area (Å²) in [5.41, 5.74) is 8.22. The number of nitrogens with two attached hydrogens (primary N) is 1. The van der Waals surface area contributed by atoms with Crippen LogP contribution in [0.3, 0.4) is 0 Å². The second kappa shape index (κ2) is 14.1. The van der Waals surface area contributed by atoms with Crippen molar-refractivity contribution in [3.63, 3.8) is 0 Å². The van der Waals surface area contributed by atoms with Crippen molar-refractivity contribution in [2.75, 3.05) is 19.7 Å². The molecule has 2 aromatic rings. The largest absolute Gasteiger partial charge is 0.379 e. The molecule has 0 spiro atoms. The summed E-state index contributed by atoms with van der Waals surface area (Å²) in [5, 5.41) is 0. The third kappa shape index (κ3) is 8.56. The van der Waals surface area contributed by atoms with Crippen molar-refractivity contribution < 1.29 is 19.1 Å². The van der Waals surface area contributed by atoms with Crippen molar-refractivity contribution >= 4 is 17.6 Å². The van der Waals surface area contributed by atoms with Crippen molar-refractivity contribution in [3.8, 4) is 0 Å². The summed E-state index contributed by atoms with van der Waals surface area (Å²) < 4.78 is 7.55. The van der Waals surface area contributed by atoms with Gasteiger partial charge in [0.1, 0.15) is 0 Å². The number of aromatic nitrogens is 1. The number of rotatable bonds is 14. The van der Waals surface area contributed by atoms with Gasteiger partial charge in [-0.2, -0.15) is 0 Å². The predicted octanol–water partition coefficient (Wildman–Crippen LogP) is 4.93. The Kier molecular flexibility index (Phi) is 10.9. The lowest BCUT2D eigenvalue weighted by atomic mass is 9.86. The van der Waals surface area contributed by atoms with Gasteiger partial charge in [-0.25, -0.2) is 0 Å². The van der Waals surface area contributed by atoms with E-state index in [1.807, 2.05) is 55.7 Å². The van der Waals surface area contributed by atoms with Crippen molar-refractivity contribution in [1.82, 2.24) is 9.47 Å². The summed E-state index contributed by atoms with van der Waals surface area (Å²) in [4.78, 5) is 40.7. The van der Waals surface area contributed by atoms with Gasteiger partial charge in [0.15, 0.2) is 5.78 Å². The van der Waals surface area contributed by atoms with Crippen molar-refractivity contribution in [1.29, 1.82) is 0 Å². The standard InChI is InChI=1S/C30H43N3O4/c1-22(2)37-18-10-16-32(29(35)19-25-13-8-5-9-14-25)21-28(34)27-20-26(30(31)36)23(3)33(27)17-15-24-11-6-4-7-12-24/h4,6-7,11-12,20,22,25H,5,8-10,13-19,21H2,1-3H3,(H2,31,36). The van der Waals surface area contributed by atoms with Crippen molar-refractivity contribution in [2.24, 2.45) is 11.7 Å². The number of ketones is 1. The van der Waals surface area contributed by atoms with Gasteiger partial charge in [0.25, 0.3) is 5.91 Å². The van der Waals surface area contributed by atoms with Crippen molar-refractivity contribution in [3.05, 3.63) is 58.9 Å². The summed E-state index contributed by atoms with van der Waals surface area (Å²) in [6.07, 6.45) is 7.72. The van der Waals surface area contributed by atoms with Gasteiger partial charge in [-0.05, 0) is 64.0 Å². The monoisotopic (exact) mass is 509 g/mol. The molecule has 1 aromatic heterocycles. The van der Waals surface area contributed by atoms with Gasteiger partial charge in [0.05, 0.1) is 23.9 Å². The highest BCUT2D eigenvalue weighted by Gasteiger charge is 2.26. The molecular weight excluding hydrogens is 466 g/mol. The smallest absolute Gasteiger partial charge is 0.250 e. The lowest BCUT2D eigenvalue weighted by Crippen LogP contribution is -2.38. The molecule has 7 nitrogen and oxygen atoms in total. The fourth-order valence-electron chi connectivity index (χ4n) is 5.19. The molecular formula is C30H43N3O4. The van der Waals surface area contributed by atoms with Crippen molar-refractivity contribution in [2.45, 2.75) is 84.8 Å². The van der Waals surface area contributed by atoms with Crippen LogP contribution >= 0.6 is 0 Å². The lowest BCUT2D eigenvalue weighted by Gasteiger charge is -2.27. The molecule has 0 saturated heterocycles. The van der Waals surface area contributed by atoms with Gasteiger partial charge in [-0.15, -0.1) is 0 Å². The fraction of sp³-hybridized carbons (Fsp3) is 0.567. The van der Waals surface area contributed by atoms with Gasteiger partial charge < -0.3 is 19.9 Å². The number of aryl methyl sites for hydroxylation is 1. The van der Waals surface area contributed by atoms with Gasteiger partial charge in [0, 0.05) is 31.8 Å². The van der Waals surface area contributed by atoms with E-state index in [1.54, 1.807) is 11.0 Å². The Labute approximate surface area is 221 Å². The van der Waals surface area contributed by atoms with E-state index >= 15 is 0 Å². The number of primary amides is 1. The molecule has 0 bridgehead atoms. The van der Waals surface area contributed by atoms with Crippen LogP contribution in [0, 0.1) is 12.8 Å². The summed E-state index contributed by atoms with van der Waals surface area (Å²) in [7, 11) is 0. The number of amides is 2. The number of carbonyl (C=O) groups excluding carboxylic acids is 3. The molecule has 37 heavy (non-hydrogen) atoms. The molecule has 1 aliphatic carbocycles. The van der Waals surface area contributed by atoms with Gasteiger partial charge in [-0.3, -0.25) is 14.4 Å². The van der Waals surface area contributed by atoms with Crippen LogP contribution in [0.2, 0.25) is 0 Å². The average Bonchev–Trinajstić information content (AvgIpc) is 3.22. The molecule has 1 aliphatic rings. The van der Waals surface area contributed by atoms with Crippen LogP contribution in [0.5, 0.6) is 0 Å². The maximum Gasteiger partial charge on any atom is 0.250 e. The number of Topliss-reactive ketones (excluding diaryl/α,β-unsaturated/α-hetero) is 1. The minimum Gasteiger partial charge on any atom is -0.379 e. The van der Waals surface area contributed by atoms with E-state index in [1.165, 1.54) is 19.3 Å². The van der Waals surface area contributed by atoms with E-state index in [0.29, 0.717) is 61.8 Å². The first-order valence-corrected chi connectivity index (χ1v) is 13.7. The van der Waals surface area contributed by atoms with E-state index in [-0.39, 0.29) is 24.3 Å². The van der Waals surface area contributed by atoms with E-state index < -0.39 is 5.91 Å². The van der Waals surface area contributed by atoms with E-state index in [4.69, 9.17) is 10.5 Å². The highest BCUT2D eigenvalue weighted by atomic mass is 16.5. The van der Waals surface area contributed by atoms with Crippen LogP contribution in [-0.4, -0.2) is 52.9 Å². The number of ether oxygens (including phenoxy) is 1. The fourth-order valence-corrected chi connectivity index (χ4v) is 5.19. The molecule has 0 unspecified atom stereocenters. The minimum absolute atomic E-state index is 0.0137. The summed E-state index contributed by atoms with van der Waals surface area (Å²) in [5.74, 6) is -0.310. The molecule has 1 aromatic carbocycles. The summed E-state index contributed by atoms with van der Waals surface area (Å²) in [6, 6.07) is 11.6. The number of benzene rings is 1. The van der Waals surface area contributed by atoms with Crippen LogP contribution in [0.15, 0.2) is 36.4 Å². The zero-order chi connectivity index (χ0) is 26.8. The van der Waals surface area contributed by atoms with E-state index in [0.717, 1.165) is 18.4 Å². The molecule has 3 rings (SSSR count). The predicted molar refractivity (Wildman–Crippen MR) is 146 cm³/mol. The first kappa shape index (κ1) is 28.6. The molecule has 0 aliphatic heterocycles. The van der Waals surface area contributed by atoms with Crippen LogP contribution in [-0.2, 0) is 22.5 Å². The maximum absolute atomic E-state index is 13.6. The molecule has 0 atom stereocenters. The van der Waals surface area contributed by atoms with Gasteiger partial charge >= 0.3 is 0 Å². The van der Waals surface area contributed by atoms with Gasteiger partial charge in [-0.1, -0.05) is 49.6 Å². The number of nitrogens with zero attached hydrogens (tertiary/aromatic N) is 2. The molecule has 7 heteroatoms. The highest BCUT2D eigenvalue weighted by Crippen LogP contribution is 2.27. The first-order valence-electron chi connectivity index (χ1n) is 13.7. The Balaban J connectivity index is 1.77. The minimum atomic E-state index is -0.555. The molecule has 2 N–H and O–H groups in total. The molecule has 0 radical (unpaired) electrons. The maximum atomic E-state index is 13.6. The van der Waals surface area contributed by atoms with Crippen LogP contribution < -0.4 is 5.73 Å². The number of carbonyl (C=O) groups is 3. The third-order valence-corrected chi connectivity index (χ3v) is 7.28. The van der Waals surface area contributed by atoms with E-state index in [9.17, 15) is 14.4 Å². The molecule has 1 fully saturated rings. The second-order valence-corrected chi connectivity index (χ2v) is 10.5. The Bertz CT molecular complexity index is 1040. The lowest BCUT2D eigenvalue weighted by molar-refractivity contribution is -0.132. The number of hydrogen-bond acceptors (Lipinski definition) is 4. The SMILES string of the molecule is Cc1c(C(N)=O)cc(C(=O)CN(CCCOC(C)C)C(=O)CC2CCCCC2)n1CCc1ccccc1. The Morgan fingerprint density at radius 2 is 1.81 bits per heavy atom. The Morgan fingerprint density at radius 1 is 1.11 bits per heavy atom. The molecule has 1 heterocycles. The zero-order valence-corrected chi connectivity index (χ0v) is 22.7. The number of hydrogen-bond donors (Lipinski definition) is 1. The molecule has 2 amide bonds. The molecule has 1 saturated carbocycles. The second-order valence-electron chi connectivity index (χ2n) is 10.5. The third-order valence-electron chi connectivity index (χ3n) is 7.28. The normalized spacial score (nSPS) is 14.2. The Hall–Kier alpha value is -2.93.